The number of hydrogen-bond donors (Lipinski definition) is 2. The Bertz CT molecular complexity index is 783. The average Bonchev–Trinajstić information content (AvgIpc) is 2.84. The molecule has 1 unspecified atom stereocenters. The minimum Gasteiger partial charge on any atom is -0.423 e. The van der Waals surface area contributed by atoms with E-state index in [1.807, 2.05) is 0 Å². The van der Waals surface area contributed by atoms with Crippen molar-refractivity contribution in [3.05, 3.63) is 53.7 Å². The molecule has 1 aliphatic rings. The van der Waals surface area contributed by atoms with Crippen LogP contribution in [0.5, 0.6) is 0 Å². The van der Waals surface area contributed by atoms with Crippen LogP contribution in [0.25, 0.3) is 0 Å². The Balaban J connectivity index is 1.90. The minimum absolute atomic E-state index is 0.0344. The van der Waals surface area contributed by atoms with Crippen LogP contribution in [0.2, 0.25) is 0 Å². The molecule has 2 heterocycles. The Morgan fingerprint density at radius 1 is 1.32 bits per heavy atom. The molecule has 1 atom stereocenters. The Labute approximate surface area is 129 Å². The van der Waals surface area contributed by atoms with E-state index in [1.165, 1.54) is 12.3 Å². The summed E-state index contributed by atoms with van der Waals surface area (Å²) in [5.41, 5.74) is 7.53. The fourth-order valence-corrected chi connectivity index (χ4v) is 3.80. The van der Waals surface area contributed by atoms with Crippen LogP contribution in [0.4, 0.5) is 0 Å². The van der Waals surface area contributed by atoms with Gasteiger partial charge >= 0.3 is 7.12 Å². The van der Waals surface area contributed by atoms with Crippen LogP contribution in [-0.2, 0) is 20.2 Å². The highest BCUT2D eigenvalue weighted by molar-refractivity contribution is 7.90. The second-order valence-corrected chi connectivity index (χ2v) is 7.04. The third-order valence-electron chi connectivity index (χ3n) is 3.58. The number of aromatic nitrogens is 1. The summed E-state index contributed by atoms with van der Waals surface area (Å²) in [6.45, 7) is 0.260. The van der Waals surface area contributed by atoms with Gasteiger partial charge in [-0.3, -0.25) is 0 Å². The predicted molar refractivity (Wildman–Crippen MR) is 82.1 cm³/mol. The van der Waals surface area contributed by atoms with Gasteiger partial charge in [0.15, 0.2) is 14.9 Å². The first-order chi connectivity index (χ1) is 10.5. The molecule has 2 aromatic rings. The molecule has 0 bridgehead atoms. The average molecular weight is 318 g/mol. The van der Waals surface area contributed by atoms with Crippen molar-refractivity contribution in [2.45, 2.75) is 16.9 Å². The van der Waals surface area contributed by atoms with Crippen LogP contribution in [-0.4, -0.2) is 32.1 Å². The number of rotatable bonds is 4. The fourth-order valence-electron chi connectivity index (χ4n) is 2.53. The number of nitrogens with two attached hydrogens (primary N) is 1. The highest BCUT2D eigenvalue weighted by Crippen LogP contribution is 2.24. The van der Waals surface area contributed by atoms with Crippen molar-refractivity contribution in [2.24, 2.45) is 5.73 Å². The van der Waals surface area contributed by atoms with Crippen LogP contribution in [0.3, 0.4) is 0 Å². The second-order valence-electron chi connectivity index (χ2n) is 5.10. The van der Waals surface area contributed by atoms with Crippen LogP contribution < -0.4 is 11.2 Å². The first kappa shape index (κ1) is 15.2. The molecular weight excluding hydrogens is 303 g/mol. The zero-order chi connectivity index (χ0) is 15.7. The highest BCUT2D eigenvalue weighted by Gasteiger charge is 2.34. The van der Waals surface area contributed by atoms with Crippen molar-refractivity contribution in [1.82, 2.24) is 4.98 Å². The largest absolute Gasteiger partial charge is 0.492 e. The maximum atomic E-state index is 12.3. The fraction of sp³-hybridized carbons (Fsp3) is 0.214. The third kappa shape index (κ3) is 2.78. The molecule has 0 amide bonds. The summed E-state index contributed by atoms with van der Waals surface area (Å²) in [6, 6.07) is 9.87. The summed E-state index contributed by atoms with van der Waals surface area (Å²) in [5.74, 6) is -0.183. The van der Waals surface area contributed by atoms with E-state index in [-0.39, 0.29) is 23.4 Å². The van der Waals surface area contributed by atoms with Crippen molar-refractivity contribution >= 4 is 22.4 Å². The molecular formula is C14H15BN2O4S. The van der Waals surface area contributed by atoms with E-state index in [0.717, 1.165) is 5.56 Å². The molecule has 0 spiro atoms. The van der Waals surface area contributed by atoms with E-state index in [9.17, 15) is 13.4 Å². The highest BCUT2D eigenvalue weighted by atomic mass is 32.2. The zero-order valence-corrected chi connectivity index (χ0v) is 12.5. The summed E-state index contributed by atoms with van der Waals surface area (Å²) in [6.07, 6.45) is 1.09. The van der Waals surface area contributed by atoms with Crippen LogP contribution in [0, 0.1) is 0 Å². The number of sulfone groups is 1. The number of nitrogens with zero attached hydrogens (tertiary/aromatic N) is 1. The molecule has 0 radical (unpaired) electrons. The maximum absolute atomic E-state index is 12.3. The molecule has 3 N–H and O–H groups in total. The Morgan fingerprint density at radius 3 is 2.82 bits per heavy atom. The molecule has 1 aromatic heterocycles. The lowest BCUT2D eigenvalue weighted by Crippen LogP contribution is -2.28. The number of benzene rings is 1. The van der Waals surface area contributed by atoms with Crippen LogP contribution in [0.1, 0.15) is 17.2 Å². The van der Waals surface area contributed by atoms with Gasteiger partial charge in [0.2, 0.25) is 0 Å². The second kappa shape index (κ2) is 5.81. The monoisotopic (exact) mass is 318 g/mol. The lowest BCUT2D eigenvalue weighted by Gasteiger charge is -2.09. The molecule has 1 aromatic carbocycles. The van der Waals surface area contributed by atoms with Crippen molar-refractivity contribution in [3.8, 4) is 0 Å². The van der Waals surface area contributed by atoms with Gasteiger partial charge in [0.05, 0.1) is 11.9 Å². The van der Waals surface area contributed by atoms with E-state index >= 15 is 0 Å². The van der Waals surface area contributed by atoms with Gasteiger partial charge in [-0.25, -0.2) is 13.4 Å². The van der Waals surface area contributed by atoms with Gasteiger partial charge in [0.25, 0.3) is 0 Å². The van der Waals surface area contributed by atoms with Gasteiger partial charge in [-0.15, -0.1) is 0 Å². The van der Waals surface area contributed by atoms with Crippen molar-refractivity contribution in [1.29, 1.82) is 0 Å². The summed E-state index contributed by atoms with van der Waals surface area (Å²) in [4.78, 5) is 3.88. The smallest absolute Gasteiger partial charge is 0.423 e. The molecule has 0 saturated carbocycles. The van der Waals surface area contributed by atoms with Gasteiger partial charge in [-0.1, -0.05) is 24.3 Å². The molecule has 1 aliphatic heterocycles. The van der Waals surface area contributed by atoms with Gasteiger partial charge in [-0.05, 0) is 28.7 Å². The molecule has 8 heteroatoms. The van der Waals surface area contributed by atoms with Crippen molar-refractivity contribution in [2.75, 3.05) is 6.54 Å². The summed E-state index contributed by atoms with van der Waals surface area (Å²) < 4.78 is 30.0. The van der Waals surface area contributed by atoms with E-state index in [0.29, 0.717) is 11.0 Å². The zero-order valence-electron chi connectivity index (χ0n) is 11.7. The van der Waals surface area contributed by atoms with Gasteiger partial charge in [0, 0.05) is 12.7 Å². The van der Waals surface area contributed by atoms with Gasteiger partial charge in [-0.2, -0.15) is 0 Å². The van der Waals surface area contributed by atoms with Crippen LogP contribution in [0.15, 0.2) is 47.6 Å². The molecule has 0 aliphatic carbocycles. The van der Waals surface area contributed by atoms with E-state index < -0.39 is 17.0 Å². The van der Waals surface area contributed by atoms with Gasteiger partial charge < -0.3 is 15.4 Å². The number of hydrogen-bond acceptors (Lipinski definition) is 6. The molecule has 3 rings (SSSR count). The SMILES string of the molecule is NCC1OB(O)c2cc(CS(=O)(=O)c3ccccn3)ccc21. The van der Waals surface area contributed by atoms with Gasteiger partial charge in [0.1, 0.15) is 0 Å². The summed E-state index contributed by atoms with van der Waals surface area (Å²) in [7, 11) is -4.59. The quantitative estimate of drug-likeness (QED) is 0.755. The molecule has 0 saturated heterocycles. The van der Waals surface area contributed by atoms with E-state index in [2.05, 4.69) is 4.98 Å². The van der Waals surface area contributed by atoms with E-state index in [1.54, 1.807) is 30.3 Å². The standard InChI is InChI=1S/C14H15BN2O4S/c16-8-13-11-5-4-10(7-12(11)15(18)21-13)9-22(19,20)14-3-1-2-6-17-14/h1-7,13,18H,8-9,16H2. The van der Waals surface area contributed by atoms with Crippen LogP contribution >= 0.6 is 0 Å². The van der Waals surface area contributed by atoms with Crippen molar-refractivity contribution < 1.29 is 18.1 Å². The molecule has 114 valence electrons. The lowest BCUT2D eigenvalue weighted by molar-refractivity contribution is 0.198. The lowest BCUT2D eigenvalue weighted by atomic mass is 9.78. The molecule has 0 fully saturated rings. The number of pyridine rings is 1. The third-order valence-corrected chi connectivity index (χ3v) is 5.18. The minimum atomic E-state index is -3.53. The Morgan fingerprint density at radius 2 is 2.14 bits per heavy atom. The van der Waals surface area contributed by atoms with E-state index in [4.69, 9.17) is 10.4 Å². The maximum Gasteiger partial charge on any atom is 0.492 e. The number of fused-ring (bicyclic) bond motifs is 1. The normalized spacial score (nSPS) is 17.5. The first-order valence-corrected chi connectivity index (χ1v) is 8.46. The topological polar surface area (TPSA) is 103 Å². The molecule has 6 nitrogen and oxygen atoms in total. The van der Waals surface area contributed by atoms with Crippen molar-refractivity contribution in [3.63, 3.8) is 0 Å². The summed E-state index contributed by atoms with van der Waals surface area (Å²) in [5, 5.41) is 9.92. The summed E-state index contributed by atoms with van der Waals surface area (Å²) >= 11 is 0. The Hall–Kier alpha value is -1.74. The predicted octanol–water partition coefficient (Wildman–Crippen LogP) is -0.227. The Kier molecular flexibility index (Phi) is 4.01. The first-order valence-electron chi connectivity index (χ1n) is 6.81. The molecule has 22 heavy (non-hydrogen) atoms.